The number of anilines is 1. The predicted octanol–water partition coefficient (Wildman–Crippen LogP) is 3.16. The molecule has 0 N–H and O–H groups in total. The minimum absolute atomic E-state index is 0.175. The van der Waals surface area contributed by atoms with Gasteiger partial charge in [-0.25, -0.2) is 0 Å². The number of carbonyl (C=O) groups is 1. The third-order valence-electron chi connectivity index (χ3n) is 3.87. The van der Waals surface area contributed by atoms with Gasteiger partial charge in [-0.3, -0.25) is 9.48 Å². The summed E-state index contributed by atoms with van der Waals surface area (Å²) in [6.45, 7) is 5.62. The highest BCUT2D eigenvalue weighted by Crippen LogP contribution is 2.31. The highest BCUT2D eigenvalue weighted by atomic mass is 127. The number of hydrogen-bond acceptors (Lipinski definition) is 2. The number of halogens is 1. The fraction of sp³-hybridized carbons (Fsp3) is 0.375. The standard InChI is InChI=1S/C16H18IN3O/c1-3-13-9-14(20(4-2)18-13)10-19-15-6-5-12(17)7-11(15)8-16(19)21/h5-7,9H,3-4,8,10H2,1-2H3. The lowest BCUT2D eigenvalue weighted by atomic mass is 10.2. The van der Waals surface area contributed by atoms with Gasteiger partial charge in [0, 0.05) is 15.8 Å². The second kappa shape index (κ2) is 5.79. The summed E-state index contributed by atoms with van der Waals surface area (Å²) in [5, 5.41) is 4.56. The summed E-state index contributed by atoms with van der Waals surface area (Å²) in [6, 6.07) is 8.32. The highest BCUT2D eigenvalue weighted by Gasteiger charge is 2.28. The van der Waals surface area contributed by atoms with Crippen LogP contribution in [-0.2, 0) is 30.7 Å². The molecule has 0 saturated carbocycles. The lowest BCUT2D eigenvalue weighted by Gasteiger charge is -2.18. The van der Waals surface area contributed by atoms with Crippen molar-refractivity contribution in [3.63, 3.8) is 0 Å². The molecule has 1 aliphatic heterocycles. The van der Waals surface area contributed by atoms with E-state index >= 15 is 0 Å². The summed E-state index contributed by atoms with van der Waals surface area (Å²) in [7, 11) is 0. The summed E-state index contributed by atoms with van der Waals surface area (Å²) in [6.07, 6.45) is 1.43. The zero-order valence-corrected chi connectivity index (χ0v) is 14.4. The smallest absolute Gasteiger partial charge is 0.231 e. The molecule has 5 heteroatoms. The molecule has 0 fully saturated rings. The number of fused-ring (bicyclic) bond motifs is 1. The zero-order valence-electron chi connectivity index (χ0n) is 12.3. The fourth-order valence-electron chi connectivity index (χ4n) is 2.78. The summed E-state index contributed by atoms with van der Waals surface area (Å²) in [5.74, 6) is 0.175. The van der Waals surface area contributed by atoms with Crippen molar-refractivity contribution in [3.05, 3.63) is 44.8 Å². The van der Waals surface area contributed by atoms with Gasteiger partial charge in [-0.05, 0) is 65.8 Å². The number of benzene rings is 1. The van der Waals surface area contributed by atoms with E-state index in [4.69, 9.17) is 0 Å². The number of amides is 1. The van der Waals surface area contributed by atoms with Gasteiger partial charge in [0.05, 0.1) is 24.4 Å². The maximum absolute atomic E-state index is 12.3. The van der Waals surface area contributed by atoms with Gasteiger partial charge in [0.2, 0.25) is 5.91 Å². The lowest BCUT2D eigenvalue weighted by molar-refractivity contribution is -0.117. The summed E-state index contributed by atoms with van der Waals surface area (Å²) in [4.78, 5) is 14.2. The van der Waals surface area contributed by atoms with Gasteiger partial charge in [0.15, 0.2) is 0 Å². The molecule has 0 spiro atoms. The SMILES string of the molecule is CCc1cc(CN2C(=O)Cc3cc(I)ccc32)n(CC)n1. The molecule has 110 valence electrons. The molecule has 0 unspecified atom stereocenters. The number of hydrogen-bond donors (Lipinski definition) is 0. The van der Waals surface area contributed by atoms with Crippen molar-refractivity contribution in [1.29, 1.82) is 0 Å². The van der Waals surface area contributed by atoms with E-state index in [1.165, 1.54) is 3.57 Å². The molecule has 2 aromatic rings. The first-order chi connectivity index (χ1) is 10.1. The van der Waals surface area contributed by atoms with E-state index in [0.717, 1.165) is 35.6 Å². The van der Waals surface area contributed by atoms with E-state index in [9.17, 15) is 4.79 Å². The second-order valence-corrected chi connectivity index (χ2v) is 6.47. The number of rotatable bonds is 4. The van der Waals surface area contributed by atoms with Gasteiger partial charge < -0.3 is 4.90 Å². The number of carbonyl (C=O) groups excluding carboxylic acids is 1. The molecule has 0 atom stereocenters. The zero-order chi connectivity index (χ0) is 15.0. The summed E-state index contributed by atoms with van der Waals surface area (Å²) in [5.41, 5.74) is 4.36. The molecule has 0 aliphatic carbocycles. The Balaban J connectivity index is 1.92. The van der Waals surface area contributed by atoms with E-state index in [1.807, 2.05) is 9.58 Å². The van der Waals surface area contributed by atoms with Crippen LogP contribution >= 0.6 is 22.6 Å². The first-order valence-electron chi connectivity index (χ1n) is 7.26. The minimum Gasteiger partial charge on any atom is -0.306 e. The Labute approximate surface area is 138 Å². The van der Waals surface area contributed by atoms with E-state index in [1.54, 1.807) is 0 Å². The Morgan fingerprint density at radius 2 is 2.10 bits per heavy atom. The highest BCUT2D eigenvalue weighted by molar-refractivity contribution is 14.1. The number of aromatic nitrogens is 2. The molecule has 2 heterocycles. The fourth-order valence-corrected chi connectivity index (χ4v) is 3.33. The maximum atomic E-state index is 12.3. The van der Waals surface area contributed by atoms with Crippen LogP contribution in [0.15, 0.2) is 24.3 Å². The molecule has 4 nitrogen and oxygen atoms in total. The first-order valence-corrected chi connectivity index (χ1v) is 8.34. The normalized spacial score (nSPS) is 13.9. The van der Waals surface area contributed by atoms with Crippen molar-refractivity contribution in [3.8, 4) is 0 Å². The van der Waals surface area contributed by atoms with Crippen molar-refractivity contribution in [2.75, 3.05) is 4.90 Å². The van der Waals surface area contributed by atoms with Crippen molar-refractivity contribution in [2.24, 2.45) is 0 Å². The molecule has 21 heavy (non-hydrogen) atoms. The average Bonchev–Trinajstić information content (AvgIpc) is 3.00. The topological polar surface area (TPSA) is 38.1 Å². The molecule has 1 aliphatic rings. The van der Waals surface area contributed by atoms with Crippen LogP contribution in [-0.4, -0.2) is 15.7 Å². The number of aryl methyl sites for hydroxylation is 2. The van der Waals surface area contributed by atoms with E-state index in [2.05, 4.69) is 65.8 Å². The first kappa shape index (κ1) is 14.6. The summed E-state index contributed by atoms with van der Waals surface area (Å²) < 4.78 is 3.17. The Morgan fingerprint density at radius 1 is 1.29 bits per heavy atom. The Kier molecular flexibility index (Phi) is 4.01. The van der Waals surface area contributed by atoms with Gasteiger partial charge in [0.1, 0.15) is 0 Å². The van der Waals surface area contributed by atoms with E-state index in [0.29, 0.717) is 13.0 Å². The Morgan fingerprint density at radius 3 is 2.81 bits per heavy atom. The van der Waals surface area contributed by atoms with Crippen LogP contribution < -0.4 is 4.90 Å². The predicted molar refractivity (Wildman–Crippen MR) is 91.3 cm³/mol. The molecule has 0 saturated heterocycles. The molecule has 1 aromatic heterocycles. The molecular formula is C16H18IN3O. The maximum Gasteiger partial charge on any atom is 0.231 e. The third kappa shape index (κ3) is 2.71. The molecule has 0 bridgehead atoms. The van der Waals surface area contributed by atoms with Crippen LogP contribution in [0, 0.1) is 3.57 Å². The molecule has 0 radical (unpaired) electrons. The molecule has 3 rings (SSSR count). The van der Waals surface area contributed by atoms with Crippen LogP contribution in [0.5, 0.6) is 0 Å². The van der Waals surface area contributed by atoms with Gasteiger partial charge in [-0.15, -0.1) is 0 Å². The van der Waals surface area contributed by atoms with Gasteiger partial charge in [-0.2, -0.15) is 5.10 Å². The third-order valence-corrected chi connectivity index (χ3v) is 4.54. The quantitative estimate of drug-likeness (QED) is 0.747. The Bertz CT molecular complexity index is 693. The molecular weight excluding hydrogens is 377 g/mol. The van der Waals surface area contributed by atoms with Crippen LogP contribution in [0.3, 0.4) is 0 Å². The summed E-state index contributed by atoms with van der Waals surface area (Å²) >= 11 is 2.29. The molecule has 1 amide bonds. The van der Waals surface area contributed by atoms with Gasteiger partial charge >= 0.3 is 0 Å². The Hall–Kier alpha value is -1.37. The monoisotopic (exact) mass is 395 g/mol. The number of nitrogens with zero attached hydrogens (tertiary/aromatic N) is 3. The minimum atomic E-state index is 0.175. The van der Waals surface area contributed by atoms with Crippen LogP contribution in [0.2, 0.25) is 0 Å². The average molecular weight is 395 g/mol. The lowest BCUT2D eigenvalue weighted by Crippen LogP contribution is -2.27. The van der Waals surface area contributed by atoms with Crippen molar-refractivity contribution in [2.45, 2.75) is 39.8 Å². The largest absolute Gasteiger partial charge is 0.306 e. The van der Waals surface area contributed by atoms with Gasteiger partial charge in [0.25, 0.3) is 0 Å². The van der Waals surface area contributed by atoms with Gasteiger partial charge in [-0.1, -0.05) is 6.92 Å². The van der Waals surface area contributed by atoms with Crippen molar-refractivity contribution in [1.82, 2.24) is 9.78 Å². The second-order valence-electron chi connectivity index (χ2n) is 5.23. The van der Waals surface area contributed by atoms with Crippen LogP contribution in [0.25, 0.3) is 0 Å². The van der Waals surface area contributed by atoms with Crippen LogP contribution in [0.1, 0.15) is 30.8 Å². The van der Waals surface area contributed by atoms with E-state index < -0.39 is 0 Å². The molecule has 1 aromatic carbocycles. The van der Waals surface area contributed by atoms with Crippen LogP contribution in [0.4, 0.5) is 5.69 Å². The van der Waals surface area contributed by atoms with E-state index in [-0.39, 0.29) is 5.91 Å². The van der Waals surface area contributed by atoms with Crippen molar-refractivity contribution < 1.29 is 4.79 Å². The van der Waals surface area contributed by atoms with Crippen molar-refractivity contribution >= 4 is 34.2 Å².